The first-order valence-corrected chi connectivity index (χ1v) is 9.13. The first-order chi connectivity index (χ1) is 12.5. The molecule has 1 aliphatic rings. The number of amides is 2. The molecule has 7 nitrogen and oxygen atoms in total. The molecule has 1 aliphatic heterocycles. The predicted molar refractivity (Wildman–Crippen MR) is 104 cm³/mol. The van der Waals surface area contributed by atoms with Crippen molar-refractivity contribution in [1.82, 2.24) is 15.5 Å². The van der Waals surface area contributed by atoms with E-state index in [-0.39, 0.29) is 17.9 Å². The lowest BCUT2D eigenvalue weighted by Gasteiger charge is -2.18. The Morgan fingerprint density at radius 1 is 1.27 bits per heavy atom. The van der Waals surface area contributed by atoms with Gasteiger partial charge in [0.2, 0.25) is 11.8 Å². The van der Waals surface area contributed by atoms with E-state index >= 15 is 0 Å². The van der Waals surface area contributed by atoms with Crippen molar-refractivity contribution >= 4 is 23.5 Å². The molecular weight excluding hydrogens is 330 g/mol. The van der Waals surface area contributed by atoms with Crippen LogP contribution in [0.1, 0.15) is 32.3 Å². The van der Waals surface area contributed by atoms with Crippen LogP contribution in [0.15, 0.2) is 29.3 Å². The first-order valence-electron chi connectivity index (χ1n) is 9.13. The molecular formula is C19H29N5O2. The van der Waals surface area contributed by atoms with E-state index in [2.05, 4.69) is 20.9 Å². The molecule has 0 saturated carbocycles. The molecule has 1 fully saturated rings. The fraction of sp³-hybridized carbons (Fsp3) is 0.526. The zero-order valence-electron chi connectivity index (χ0n) is 15.8. The Balaban J connectivity index is 1.74. The second-order valence-corrected chi connectivity index (χ2v) is 6.45. The molecule has 0 radical (unpaired) electrons. The number of benzene rings is 1. The molecule has 1 saturated heterocycles. The van der Waals surface area contributed by atoms with Crippen LogP contribution in [-0.4, -0.2) is 55.4 Å². The topological polar surface area (TPSA) is 85.8 Å². The quantitative estimate of drug-likeness (QED) is 0.529. The molecule has 0 aromatic heterocycles. The molecule has 0 aliphatic carbocycles. The monoisotopic (exact) mass is 359 g/mol. The highest BCUT2D eigenvalue weighted by atomic mass is 16.2. The minimum Gasteiger partial charge on any atom is -0.356 e. The van der Waals surface area contributed by atoms with Gasteiger partial charge >= 0.3 is 0 Å². The number of carbonyl (C=O) groups excluding carboxylic acids is 2. The number of nitrogens with zero attached hydrogens (tertiary/aromatic N) is 2. The molecule has 7 heteroatoms. The summed E-state index contributed by atoms with van der Waals surface area (Å²) in [5, 5.41) is 9.46. The average Bonchev–Trinajstić information content (AvgIpc) is 3.09. The smallest absolute Gasteiger partial charge is 0.222 e. The van der Waals surface area contributed by atoms with Crippen LogP contribution < -0.4 is 16.0 Å². The third kappa shape index (κ3) is 6.06. The van der Waals surface area contributed by atoms with Gasteiger partial charge in [-0.25, -0.2) is 0 Å². The lowest BCUT2D eigenvalue weighted by Crippen LogP contribution is -2.45. The van der Waals surface area contributed by atoms with E-state index in [1.54, 1.807) is 7.05 Å². The minimum absolute atomic E-state index is 0.0691. The van der Waals surface area contributed by atoms with Crippen molar-refractivity contribution in [2.75, 3.05) is 32.0 Å². The van der Waals surface area contributed by atoms with Crippen LogP contribution in [-0.2, 0) is 16.0 Å². The molecule has 1 aromatic carbocycles. The van der Waals surface area contributed by atoms with E-state index in [1.165, 1.54) is 12.5 Å². The molecule has 1 unspecified atom stereocenters. The summed E-state index contributed by atoms with van der Waals surface area (Å²) in [5.74, 6) is 0.899. The summed E-state index contributed by atoms with van der Waals surface area (Å²) in [4.78, 5) is 29.0. The van der Waals surface area contributed by atoms with Gasteiger partial charge in [0.25, 0.3) is 0 Å². The number of hydrogen-bond donors (Lipinski definition) is 3. The van der Waals surface area contributed by atoms with Crippen LogP contribution in [0.25, 0.3) is 0 Å². The van der Waals surface area contributed by atoms with Gasteiger partial charge in [-0.1, -0.05) is 19.1 Å². The Labute approximate surface area is 155 Å². The summed E-state index contributed by atoms with van der Waals surface area (Å²) >= 11 is 0. The number of hydrogen-bond acceptors (Lipinski definition) is 3. The number of aliphatic imine (C=N–C) groups is 1. The van der Waals surface area contributed by atoms with Crippen LogP contribution in [0.2, 0.25) is 0 Å². The van der Waals surface area contributed by atoms with Crippen molar-refractivity contribution in [1.29, 1.82) is 0 Å². The zero-order valence-corrected chi connectivity index (χ0v) is 15.8. The summed E-state index contributed by atoms with van der Waals surface area (Å²) in [6.07, 6.45) is 2.35. The fourth-order valence-corrected chi connectivity index (χ4v) is 3.00. The van der Waals surface area contributed by atoms with E-state index in [1.807, 2.05) is 36.1 Å². The summed E-state index contributed by atoms with van der Waals surface area (Å²) in [6.45, 7) is 5.69. The van der Waals surface area contributed by atoms with Gasteiger partial charge in [-0.15, -0.1) is 0 Å². The van der Waals surface area contributed by atoms with Crippen LogP contribution >= 0.6 is 0 Å². The molecule has 2 amide bonds. The van der Waals surface area contributed by atoms with Gasteiger partial charge < -0.3 is 20.9 Å². The van der Waals surface area contributed by atoms with Crippen LogP contribution in [0, 0.1) is 0 Å². The van der Waals surface area contributed by atoms with Gasteiger partial charge in [0, 0.05) is 51.8 Å². The Morgan fingerprint density at radius 2 is 2.00 bits per heavy atom. The van der Waals surface area contributed by atoms with Crippen molar-refractivity contribution in [3.63, 3.8) is 0 Å². The van der Waals surface area contributed by atoms with Gasteiger partial charge in [-0.3, -0.25) is 14.6 Å². The van der Waals surface area contributed by atoms with Gasteiger partial charge in [0.1, 0.15) is 0 Å². The Kier molecular flexibility index (Phi) is 7.44. The maximum Gasteiger partial charge on any atom is 0.222 e. The van der Waals surface area contributed by atoms with E-state index < -0.39 is 0 Å². The van der Waals surface area contributed by atoms with Crippen molar-refractivity contribution < 1.29 is 9.59 Å². The van der Waals surface area contributed by atoms with Gasteiger partial charge in [-0.05, 0) is 30.5 Å². The van der Waals surface area contributed by atoms with Crippen LogP contribution in [0.3, 0.4) is 0 Å². The van der Waals surface area contributed by atoms with Crippen LogP contribution in [0.5, 0.6) is 0 Å². The standard InChI is InChI=1S/C19H29N5O2/c1-4-18(26)24-12-10-17(13-24)23-19(20-3)21-11-9-15-5-7-16(8-6-15)22-14(2)25/h5-8,17H,4,9-13H2,1-3H3,(H,22,25)(H2,20,21,23). The normalized spacial score (nSPS) is 17.1. The van der Waals surface area contributed by atoms with Gasteiger partial charge in [0.15, 0.2) is 5.96 Å². The van der Waals surface area contributed by atoms with Crippen molar-refractivity contribution in [3.8, 4) is 0 Å². The zero-order chi connectivity index (χ0) is 18.9. The number of nitrogens with one attached hydrogen (secondary N) is 3. The molecule has 142 valence electrons. The predicted octanol–water partition coefficient (Wildman–Crippen LogP) is 1.36. The number of carbonyl (C=O) groups is 2. The van der Waals surface area contributed by atoms with E-state index in [0.29, 0.717) is 6.42 Å². The number of anilines is 1. The average molecular weight is 359 g/mol. The first kappa shape index (κ1) is 19.8. The Morgan fingerprint density at radius 3 is 2.62 bits per heavy atom. The summed E-state index contributed by atoms with van der Waals surface area (Å²) in [5.41, 5.74) is 1.99. The molecule has 3 N–H and O–H groups in total. The molecule has 0 spiro atoms. The van der Waals surface area contributed by atoms with Crippen molar-refractivity contribution in [2.24, 2.45) is 4.99 Å². The summed E-state index contributed by atoms with van der Waals surface area (Å²) in [6, 6.07) is 8.07. The molecule has 1 heterocycles. The minimum atomic E-state index is -0.0691. The van der Waals surface area contributed by atoms with Gasteiger partial charge in [-0.2, -0.15) is 0 Å². The number of likely N-dealkylation sites (tertiary alicyclic amines) is 1. The van der Waals surface area contributed by atoms with E-state index in [4.69, 9.17) is 0 Å². The van der Waals surface area contributed by atoms with E-state index in [0.717, 1.165) is 44.1 Å². The molecule has 1 aromatic rings. The Bertz CT molecular complexity index is 642. The second kappa shape index (κ2) is 9.79. The van der Waals surface area contributed by atoms with Crippen molar-refractivity contribution in [3.05, 3.63) is 29.8 Å². The second-order valence-electron chi connectivity index (χ2n) is 6.45. The fourth-order valence-electron chi connectivity index (χ4n) is 3.00. The highest BCUT2D eigenvalue weighted by molar-refractivity contribution is 5.88. The van der Waals surface area contributed by atoms with Crippen molar-refractivity contribution in [2.45, 2.75) is 39.2 Å². The maximum atomic E-state index is 11.8. The largest absolute Gasteiger partial charge is 0.356 e. The third-order valence-corrected chi connectivity index (χ3v) is 4.39. The lowest BCUT2D eigenvalue weighted by molar-refractivity contribution is -0.129. The number of guanidine groups is 1. The third-order valence-electron chi connectivity index (χ3n) is 4.39. The van der Waals surface area contributed by atoms with Crippen LogP contribution in [0.4, 0.5) is 5.69 Å². The van der Waals surface area contributed by atoms with E-state index in [9.17, 15) is 9.59 Å². The highest BCUT2D eigenvalue weighted by Crippen LogP contribution is 2.11. The summed E-state index contributed by atoms with van der Waals surface area (Å²) < 4.78 is 0. The Hall–Kier alpha value is -2.57. The summed E-state index contributed by atoms with van der Waals surface area (Å²) in [7, 11) is 1.75. The number of rotatable bonds is 6. The lowest BCUT2D eigenvalue weighted by atomic mass is 10.1. The molecule has 1 atom stereocenters. The highest BCUT2D eigenvalue weighted by Gasteiger charge is 2.25. The SMILES string of the molecule is CCC(=O)N1CCC(NC(=NC)NCCc2ccc(NC(C)=O)cc2)C1. The maximum absolute atomic E-state index is 11.8. The van der Waals surface area contributed by atoms with Gasteiger partial charge in [0.05, 0.1) is 0 Å². The molecule has 2 rings (SSSR count). The molecule has 0 bridgehead atoms. The molecule has 26 heavy (non-hydrogen) atoms.